The lowest BCUT2D eigenvalue weighted by Crippen LogP contribution is -2.47. The van der Waals surface area contributed by atoms with E-state index in [1.165, 1.54) is 10.2 Å². The normalized spacial score (nSPS) is 16.3. The van der Waals surface area contributed by atoms with Crippen LogP contribution in [0.5, 0.6) is 0 Å². The number of ether oxygens (including phenoxy) is 1. The Bertz CT molecular complexity index is 1370. The van der Waals surface area contributed by atoms with Crippen LogP contribution in [-0.4, -0.2) is 52.3 Å². The van der Waals surface area contributed by atoms with Crippen LogP contribution in [0.25, 0.3) is 10.9 Å². The number of aryl methyl sites for hydroxylation is 1. The summed E-state index contributed by atoms with van der Waals surface area (Å²) in [7, 11) is -5.53. The van der Waals surface area contributed by atoms with E-state index >= 15 is 0 Å². The van der Waals surface area contributed by atoms with E-state index in [0.29, 0.717) is 48.2 Å². The van der Waals surface area contributed by atoms with Crippen molar-refractivity contribution in [2.75, 3.05) is 13.1 Å². The van der Waals surface area contributed by atoms with Crippen LogP contribution in [0.3, 0.4) is 0 Å². The average molecular weight is 532 g/mol. The third kappa shape index (κ3) is 5.66. The van der Waals surface area contributed by atoms with Crippen LogP contribution < -0.4 is 4.72 Å². The highest BCUT2D eigenvalue weighted by Crippen LogP contribution is 2.31. The first-order chi connectivity index (χ1) is 17.0. The molecule has 194 valence electrons. The zero-order chi connectivity index (χ0) is 26.1. The van der Waals surface area contributed by atoms with Gasteiger partial charge in [-0.05, 0) is 63.8 Å². The predicted molar refractivity (Wildman–Crippen MR) is 141 cm³/mol. The number of nitrogens with zero attached hydrogens (tertiary/aromatic N) is 2. The van der Waals surface area contributed by atoms with Gasteiger partial charge in [-0.1, -0.05) is 37.3 Å². The molecule has 1 fully saturated rings. The molecule has 2 heterocycles. The largest absolute Gasteiger partial charge is 0.444 e. The monoisotopic (exact) mass is 531 g/mol. The number of carbonyl (C=O) groups excluding carboxylic acids is 1. The minimum Gasteiger partial charge on any atom is -0.444 e. The first kappa shape index (κ1) is 26.4. The lowest BCUT2D eigenvalue weighted by atomic mass is 10.1. The molecule has 10 heteroatoms. The molecule has 1 aromatic heterocycles. The van der Waals surface area contributed by atoms with Crippen molar-refractivity contribution >= 4 is 38.0 Å². The van der Waals surface area contributed by atoms with Crippen molar-refractivity contribution in [3.05, 3.63) is 60.3 Å². The van der Waals surface area contributed by atoms with Gasteiger partial charge in [0.15, 0.2) is 11.0 Å². The average Bonchev–Trinajstić information content (AvgIpc) is 3.24. The molecule has 1 N–H and O–H groups in total. The number of benzene rings is 2. The van der Waals surface area contributed by atoms with E-state index in [0.717, 1.165) is 5.56 Å². The third-order valence-electron chi connectivity index (χ3n) is 6.11. The fourth-order valence-electron chi connectivity index (χ4n) is 4.37. The lowest BCUT2D eigenvalue weighted by molar-refractivity contribution is 0.0203. The number of carbonyl (C=O) groups is 1. The minimum absolute atomic E-state index is 0.119. The number of hydrogen-bond donors (Lipinski definition) is 1. The highest BCUT2D eigenvalue weighted by molar-refractivity contribution is 7.90. The summed E-state index contributed by atoms with van der Waals surface area (Å²) in [6, 6.07) is 14.2. The molecule has 0 aliphatic carbocycles. The van der Waals surface area contributed by atoms with Crippen molar-refractivity contribution in [1.29, 1.82) is 0 Å². The first-order valence-electron chi connectivity index (χ1n) is 12.1. The molecule has 36 heavy (non-hydrogen) atoms. The molecule has 1 aliphatic rings. The predicted octanol–water partition coefficient (Wildman–Crippen LogP) is 4.45. The Labute approximate surface area is 215 Å². The molecule has 1 amide bonds. The van der Waals surface area contributed by atoms with E-state index in [2.05, 4.69) is 4.72 Å². The molecule has 1 saturated heterocycles. The number of hydrogen-bond acceptors (Lipinski definition) is 5. The van der Waals surface area contributed by atoms with E-state index in [9.17, 15) is 17.4 Å². The summed E-state index contributed by atoms with van der Waals surface area (Å²) in [5, 5.41) is 0.586. The molecule has 1 atom stereocenters. The molecule has 0 spiro atoms. The number of sulfonamides is 1. The molecule has 0 saturated carbocycles. The maximum Gasteiger partial charge on any atom is 0.410 e. The van der Waals surface area contributed by atoms with E-state index in [1.807, 2.05) is 45.9 Å². The van der Waals surface area contributed by atoms with Gasteiger partial charge in [0.25, 0.3) is 0 Å². The van der Waals surface area contributed by atoms with E-state index in [-0.39, 0.29) is 17.0 Å². The quantitative estimate of drug-likeness (QED) is 0.507. The van der Waals surface area contributed by atoms with E-state index in [4.69, 9.17) is 4.74 Å². The molecule has 1 aliphatic heterocycles. The summed E-state index contributed by atoms with van der Waals surface area (Å²) in [6.45, 7) is 8.23. The van der Waals surface area contributed by atoms with Gasteiger partial charge in [0.05, 0.1) is 10.4 Å². The van der Waals surface area contributed by atoms with Crippen LogP contribution in [0.2, 0.25) is 0 Å². The van der Waals surface area contributed by atoms with Gasteiger partial charge in [0, 0.05) is 30.7 Å². The van der Waals surface area contributed by atoms with Gasteiger partial charge in [-0.3, -0.25) is 3.97 Å². The standard InChI is InChI=1S/C26H33N3O5S2/c1-5-19-10-9-13-22-24(19)23(18-29(22)35(31)21-11-7-6-8-12-21)36(32,33)27-20-14-16-28(17-15-20)25(30)34-26(2,3)4/h6-13,18,20,27H,5,14-17H2,1-4H3. The minimum atomic E-state index is -3.92. The zero-order valence-electron chi connectivity index (χ0n) is 21.1. The molecule has 0 bridgehead atoms. The second kappa shape index (κ2) is 10.4. The van der Waals surface area contributed by atoms with Crippen LogP contribution in [0.4, 0.5) is 4.79 Å². The molecular formula is C26H33N3O5S2. The van der Waals surface area contributed by atoms with Crippen molar-refractivity contribution < 1.29 is 22.2 Å². The summed E-state index contributed by atoms with van der Waals surface area (Å²) >= 11 is 0. The molecule has 0 radical (unpaired) electrons. The summed E-state index contributed by atoms with van der Waals surface area (Å²) in [6.07, 6.45) is 2.69. The lowest BCUT2D eigenvalue weighted by Gasteiger charge is -2.33. The van der Waals surface area contributed by atoms with Crippen LogP contribution >= 0.6 is 0 Å². The summed E-state index contributed by atoms with van der Waals surface area (Å²) < 4.78 is 50.5. The van der Waals surface area contributed by atoms with Crippen LogP contribution in [-0.2, 0) is 32.2 Å². The zero-order valence-corrected chi connectivity index (χ0v) is 22.7. The Morgan fingerprint density at radius 3 is 2.36 bits per heavy atom. The van der Waals surface area contributed by atoms with Crippen LogP contribution in [0, 0.1) is 0 Å². The summed E-state index contributed by atoms with van der Waals surface area (Å²) in [5.74, 6) is 0. The van der Waals surface area contributed by atoms with Crippen molar-refractivity contribution in [2.45, 2.75) is 68.4 Å². The van der Waals surface area contributed by atoms with Gasteiger partial charge in [-0.25, -0.2) is 22.1 Å². The Morgan fingerprint density at radius 1 is 1.08 bits per heavy atom. The summed E-state index contributed by atoms with van der Waals surface area (Å²) in [5.41, 5.74) is 0.897. The SMILES string of the molecule is CCc1cccc2c1c(S(=O)(=O)NC1CCN(C(=O)OC(C)(C)C)CC1)cn2S(=O)c1ccccc1. The van der Waals surface area contributed by atoms with E-state index < -0.39 is 26.6 Å². The van der Waals surface area contributed by atoms with Gasteiger partial charge < -0.3 is 9.64 Å². The Balaban J connectivity index is 1.60. The maximum atomic E-state index is 13.6. The second-order valence-electron chi connectivity index (χ2n) is 9.91. The Morgan fingerprint density at radius 2 is 1.75 bits per heavy atom. The van der Waals surface area contributed by atoms with Crippen molar-refractivity contribution in [3.8, 4) is 0 Å². The van der Waals surface area contributed by atoms with Gasteiger partial charge in [-0.15, -0.1) is 0 Å². The number of amides is 1. The molecule has 1 unspecified atom stereocenters. The van der Waals surface area contributed by atoms with Crippen molar-refractivity contribution in [1.82, 2.24) is 13.6 Å². The molecular weight excluding hydrogens is 498 g/mol. The van der Waals surface area contributed by atoms with Crippen LogP contribution in [0.15, 0.2) is 64.5 Å². The number of rotatable bonds is 6. The van der Waals surface area contributed by atoms with Gasteiger partial charge >= 0.3 is 6.09 Å². The van der Waals surface area contributed by atoms with Crippen molar-refractivity contribution in [2.24, 2.45) is 0 Å². The highest BCUT2D eigenvalue weighted by atomic mass is 32.2. The van der Waals surface area contributed by atoms with Gasteiger partial charge in [0.1, 0.15) is 10.5 Å². The number of piperidine rings is 1. The molecule has 3 aromatic rings. The number of likely N-dealkylation sites (tertiary alicyclic amines) is 1. The molecule has 2 aromatic carbocycles. The topological polar surface area (TPSA) is 97.7 Å². The fraction of sp³-hybridized carbons (Fsp3) is 0.423. The van der Waals surface area contributed by atoms with E-state index in [1.54, 1.807) is 35.2 Å². The van der Waals surface area contributed by atoms with Gasteiger partial charge in [0.2, 0.25) is 10.0 Å². The number of aromatic nitrogens is 1. The molecule has 8 nitrogen and oxygen atoms in total. The number of nitrogens with one attached hydrogen (secondary N) is 1. The summed E-state index contributed by atoms with van der Waals surface area (Å²) in [4.78, 5) is 14.7. The Kier molecular flexibility index (Phi) is 7.59. The first-order valence-corrected chi connectivity index (χ1v) is 14.7. The smallest absolute Gasteiger partial charge is 0.410 e. The van der Waals surface area contributed by atoms with Crippen molar-refractivity contribution in [3.63, 3.8) is 0 Å². The highest BCUT2D eigenvalue weighted by Gasteiger charge is 2.31. The Hall–Kier alpha value is -2.69. The number of fused-ring (bicyclic) bond motifs is 1. The fourth-order valence-corrected chi connectivity index (χ4v) is 7.14. The maximum absolute atomic E-state index is 13.6. The molecule has 4 rings (SSSR count). The third-order valence-corrected chi connectivity index (χ3v) is 8.98. The van der Waals surface area contributed by atoms with Gasteiger partial charge in [-0.2, -0.15) is 0 Å². The van der Waals surface area contributed by atoms with Crippen LogP contribution in [0.1, 0.15) is 46.1 Å². The second-order valence-corrected chi connectivity index (χ2v) is 13.0.